The van der Waals surface area contributed by atoms with Crippen LogP contribution in [0.2, 0.25) is 5.02 Å². The molecule has 0 atom stereocenters. The summed E-state index contributed by atoms with van der Waals surface area (Å²) in [5.41, 5.74) is 2.03. The second-order valence-corrected chi connectivity index (χ2v) is 10.2. The van der Waals surface area contributed by atoms with Crippen LogP contribution >= 0.6 is 23.4 Å². The number of thioether (sulfide) groups is 1. The molecular formula is C23H21ClN4O2S2. The van der Waals surface area contributed by atoms with Crippen molar-refractivity contribution in [3.05, 3.63) is 95.5 Å². The molecule has 6 nitrogen and oxygen atoms in total. The summed E-state index contributed by atoms with van der Waals surface area (Å²) in [7, 11) is -3.53. The second-order valence-electron chi connectivity index (χ2n) is 6.94. The zero-order valence-electron chi connectivity index (χ0n) is 17.1. The number of halogens is 1. The topological polar surface area (TPSA) is 76.9 Å². The first-order valence-corrected chi connectivity index (χ1v) is 12.8. The molecule has 0 aliphatic rings. The van der Waals surface area contributed by atoms with Crippen molar-refractivity contribution >= 4 is 33.4 Å². The Bertz CT molecular complexity index is 1260. The predicted molar refractivity (Wildman–Crippen MR) is 128 cm³/mol. The molecule has 0 aliphatic carbocycles. The van der Waals surface area contributed by atoms with E-state index in [0.29, 0.717) is 17.3 Å². The summed E-state index contributed by atoms with van der Waals surface area (Å²) in [6.07, 6.45) is 0. The van der Waals surface area contributed by atoms with Gasteiger partial charge in [0.2, 0.25) is 10.0 Å². The standard InChI is InChI=1S/C23H21ClN4O2S2/c24-20-13-11-19(12-14-20)22-26-27-23(28(22)17-18-7-3-1-4-8-18)31-16-15-25-32(29,30)21-9-5-2-6-10-21/h1-14,25H,15-17H2. The van der Waals surface area contributed by atoms with Gasteiger partial charge < -0.3 is 0 Å². The van der Waals surface area contributed by atoms with Gasteiger partial charge in [0.15, 0.2) is 11.0 Å². The summed E-state index contributed by atoms with van der Waals surface area (Å²) in [5.74, 6) is 1.25. The van der Waals surface area contributed by atoms with Gasteiger partial charge in [0.05, 0.1) is 11.4 Å². The summed E-state index contributed by atoms with van der Waals surface area (Å²) in [4.78, 5) is 0.252. The van der Waals surface area contributed by atoms with E-state index in [2.05, 4.69) is 14.9 Å². The van der Waals surface area contributed by atoms with E-state index >= 15 is 0 Å². The van der Waals surface area contributed by atoms with Crippen LogP contribution in [-0.4, -0.2) is 35.5 Å². The molecule has 0 bridgehead atoms. The highest BCUT2D eigenvalue weighted by atomic mass is 35.5. The van der Waals surface area contributed by atoms with Gasteiger partial charge in [-0.3, -0.25) is 4.57 Å². The van der Waals surface area contributed by atoms with Crippen LogP contribution in [0.3, 0.4) is 0 Å². The Hall–Kier alpha value is -2.65. The van der Waals surface area contributed by atoms with Gasteiger partial charge in [-0.15, -0.1) is 10.2 Å². The van der Waals surface area contributed by atoms with Crippen molar-refractivity contribution in [1.29, 1.82) is 0 Å². The summed E-state index contributed by atoms with van der Waals surface area (Å²) in [6.45, 7) is 0.875. The van der Waals surface area contributed by atoms with Crippen LogP contribution in [0.1, 0.15) is 5.56 Å². The van der Waals surface area contributed by atoms with E-state index in [0.717, 1.165) is 22.1 Å². The summed E-state index contributed by atoms with van der Waals surface area (Å²) < 4.78 is 29.5. The number of rotatable bonds is 9. The van der Waals surface area contributed by atoms with Crippen molar-refractivity contribution < 1.29 is 8.42 Å². The second kappa shape index (κ2) is 10.3. The molecule has 4 rings (SSSR count). The Morgan fingerprint density at radius 1 is 0.875 bits per heavy atom. The first kappa shape index (κ1) is 22.5. The fourth-order valence-corrected chi connectivity index (χ4v) is 5.22. The fraction of sp³-hybridized carbons (Fsp3) is 0.130. The van der Waals surface area contributed by atoms with E-state index in [4.69, 9.17) is 11.6 Å². The average Bonchev–Trinajstić information content (AvgIpc) is 3.21. The number of sulfonamides is 1. The molecule has 0 aliphatic heterocycles. The molecule has 0 saturated carbocycles. The van der Waals surface area contributed by atoms with Crippen molar-refractivity contribution in [2.45, 2.75) is 16.6 Å². The molecule has 1 aromatic heterocycles. The zero-order chi connectivity index (χ0) is 22.4. The number of nitrogens with one attached hydrogen (secondary N) is 1. The third-order valence-corrected chi connectivity index (χ3v) is 7.38. The minimum absolute atomic E-state index is 0.252. The van der Waals surface area contributed by atoms with Crippen LogP contribution in [0.4, 0.5) is 0 Å². The van der Waals surface area contributed by atoms with Crippen LogP contribution < -0.4 is 4.72 Å². The van der Waals surface area contributed by atoms with Gasteiger partial charge >= 0.3 is 0 Å². The highest BCUT2D eigenvalue weighted by Gasteiger charge is 2.16. The molecule has 1 heterocycles. The molecule has 0 amide bonds. The lowest BCUT2D eigenvalue weighted by atomic mass is 10.2. The Balaban J connectivity index is 1.50. The lowest BCUT2D eigenvalue weighted by Gasteiger charge is -2.11. The quantitative estimate of drug-likeness (QED) is 0.275. The Kier molecular flexibility index (Phi) is 7.26. The normalized spacial score (nSPS) is 11.5. The average molecular weight is 485 g/mol. The third-order valence-electron chi connectivity index (χ3n) is 4.68. The van der Waals surface area contributed by atoms with Gasteiger partial charge in [0.25, 0.3) is 0 Å². The molecule has 0 fully saturated rings. The molecule has 0 radical (unpaired) electrons. The molecule has 9 heteroatoms. The molecule has 164 valence electrons. The molecule has 0 unspecified atom stereocenters. The molecule has 4 aromatic rings. The van der Waals surface area contributed by atoms with Crippen LogP contribution in [-0.2, 0) is 16.6 Å². The summed E-state index contributed by atoms with van der Waals surface area (Å²) >= 11 is 7.49. The highest BCUT2D eigenvalue weighted by molar-refractivity contribution is 7.99. The van der Waals surface area contributed by atoms with E-state index < -0.39 is 10.0 Å². The van der Waals surface area contributed by atoms with Gasteiger partial charge in [-0.25, -0.2) is 13.1 Å². The smallest absolute Gasteiger partial charge is 0.240 e. The Labute approximate surface area is 196 Å². The highest BCUT2D eigenvalue weighted by Crippen LogP contribution is 2.26. The molecule has 0 saturated heterocycles. The number of benzene rings is 3. The van der Waals surface area contributed by atoms with E-state index in [-0.39, 0.29) is 11.4 Å². The minimum Gasteiger partial charge on any atom is -0.298 e. The van der Waals surface area contributed by atoms with Crippen molar-refractivity contribution in [1.82, 2.24) is 19.5 Å². The molecule has 0 spiro atoms. The van der Waals surface area contributed by atoms with Crippen molar-refractivity contribution in [3.63, 3.8) is 0 Å². The van der Waals surface area contributed by atoms with E-state index in [9.17, 15) is 8.42 Å². The largest absolute Gasteiger partial charge is 0.298 e. The van der Waals surface area contributed by atoms with Crippen molar-refractivity contribution in [2.24, 2.45) is 0 Å². The van der Waals surface area contributed by atoms with Gasteiger partial charge in [-0.1, -0.05) is 71.9 Å². The van der Waals surface area contributed by atoms with Gasteiger partial charge in [0.1, 0.15) is 0 Å². The van der Waals surface area contributed by atoms with Crippen LogP contribution in [0, 0.1) is 0 Å². The van der Waals surface area contributed by atoms with Gasteiger partial charge in [-0.2, -0.15) is 0 Å². The SMILES string of the molecule is O=S(=O)(NCCSc1nnc(-c2ccc(Cl)cc2)n1Cc1ccccc1)c1ccccc1. The number of hydrogen-bond donors (Lipinski definition) is 1. The third kappa shape index (κ3) is 5.58. The number of aromatic nitrogens is 3. The Morgan fingerprint density at radius 3 is 2.22 bits per heavy atom. The van der Waals surface area contributed by atoms with Crippen LogP contribution in [0.25, 0.3) is 11.4 Å². The van der Waals surface area contributed by atoms with Crippen molar-refractivity contribution in [2.75, 3.05) is 12.3 Å². The first-order chi connectivity index (χ1) is 15.5. The van der Waals surface area contributed by atoms with Crippen LogP contribution in [0.15, 0.2) is 95.0 Å². The summed E-state index contributed by atoms with van der Waals surface area (Å²) in [5, 5.41) is 10.1. The summed E-state index contributed by atoms with van der Waals surface area (Å²) in [6, 6.07) is 25.9. The van der Waals surface area contributed by atoms with Gasteiger partial charge in [-0.05, 0) is 42.0 Å². The monoisotopic (exact) mass is 484 g/mol. The van der Waals surface area contributed by atoms with Crippen LogP contribution in [0.5, 0.6) is 0 Å². The molecular weight excluding hydrogens is 464 g/mol. The lowest BCUT2D eigenvalue weighted by molar-refractivity contribution is 0.584. The first-order valence-electron chi connectivity index (χ1n) is 9.93. The Morgan fingerprint density at radius 2 is 1.53 bits per heavy atom. The van der Waals surface area contributed by atoms with Crippen molar-refractivity contribution in [3.8, 4) is 11.4 Å². The maximum absolute atomic E-state index is 12.4. The zero-order valence-corrected chi connectivity index (χ0v) is 19.4. The molecule has 32 heavy (non-hydrogen) atoms. The predicted octanol–water partition coefficient (Wildman–Crippen LogP) is 4.72. The molecule has 1 N–H and O–H groups in total. The number of nitrogens with zero attached hydrogens (tertiary/aromatic N) is 3. The van der Waals surface area contributed by atoms with E-state index in [1.165, 1.54) is 11.8 Å². The van der Waals surface area contributed by atoms with Gasteiger partial charge in [0, 0.05) is 22.9 Å². The maximum Gasteiger partial charge on any atom is 0.240 e. The maximum atomic E-state index is 12.4. The molecule has 3 aromatic carbocycles. The minimum atomic E-state index is -3.53. The van der Waals surface area contributed by atoms with E-state index in [1.54, 1.807) is 30.3 Å². The fourth-order valence-electron chi connectivity index (χ4n) is 3.12. The lowest BCUT2D eigenvalue weighted by Crippen LogP contribution is -2.26. The van der Waals surface area contributed by atoms with E-state index in [1.807, 2.05) is 59.2 Å². The number of hydrogen-bond acceptors (Lipinski definition) is 5.